The Hall–Kier alpha value is -2.73. The zero-order chi connectivity index (χ0) is 19.7. The van der Waals surface area contributed by atoms with Gasteiger partial charge in [0.05, 0.1) is 12.6 Å². The number of amides is 2. The minimum atomic E-state index is -0.649. The Balaban J connectivity index is 1.53. The normalized spacial score (nSPS) is 24.8. The maximum absolute atomic E-state index is 13.5. The Labute approximate surface area is 163 Å². The van der Waals surface area contributed by atoms with Crippen LogP contribution in [0, 0.1) is 5.82 Å². The number of likely N-dealkylation sites (tertiary alicyclic amines) is 1. The summed E-state index contributed by atoms with van der Waals surface area (Å²) in [4.78, 5) is 29.0. The summed E-state index contributed by atoms with van der Waals surface area (Å²) in [5.74, 6) is -0.675. The lowest BCUT2D eigenvalue weighted by molar-refractivity contribution is -0.186. The molecule has 146 valence electrons. The van der Waals surface area contributed by atoms with Crippen molar-refractivity contribution >= 4 is 11.8 Å². The molecule has 2 heterocycles. The number of halogens is 1. The van der Waals surface area contributed by atoms with Gasteiger partial charge in [-0.3, -0.25) is 9.59 Å². The number of carbonyl (C=O) groups excluding carboxylic acids is 2. The number of fused-ring (bicyclic) bond motifs is 1. The lowest BCUT2D eigenvalue weighted by Gasteiger charge is -2.52. The third-order valence-corrected chi connectivity index (χ3v) is 5.66. The third kappa shape index (κ3) is 3.52. The number of ether oxygens (including phenoxy) is 1. The van der Waals surface area contributed by atoms with E-state index in [0.717, 1.165) is 5.56 Å². The molecule has 2 aromatic carbocycles. The molecule has 4 rings (SSSR count). The molecular weight excluding hydrogens is 359 g/mol. The van der Waals surface area contributed by atoms with Gasteiger partial charge in [-0.2, -0.15) is 0 Å². The molecule has 2 aromatic rings. The summed E-state index contributed by atoms with van der Waals surface area (Å²) in [7, 11) is 0. The highest BCUT2D eigenvalue weighted by Gasteiger charge is 2.49. The zero-order valence-corrected chi connectivity index (χ0v) is 15.8. The molecule has 2 saturated heterocycles. The average Bonchev–Trinajstić information content (AvgIpc) is 2.70. The number of hydrogen-bond acceptors (Lipinski definition) is 3. The van der Waals surface area contributed by atoms with Gasteiger partial charge in [0.2, 0.25) is 5.91 Å². The second-order valence-electron chi connectivity index (χ2n) is 7.65. The standard InChI is InChI=1S/C22H23FN2O3/c1-22-15-24(21(27)17-8-5-9-18(23)12-17)11-10-19(22)25(20(26)14-28-22)13-16-6-3-2-4-7-16/h2-9,12,19H,10-11,13-15H2,1H3/t19-,22-/m1/s1. The average molecular weight is 382 g/mol. The van der Waals surface area contributed by atoms with Gasteiger partial charge >= 0.3 is 0 Å². The Bertz CT molecular complexity index is 888. The van der Waals surface area contributed by atoms with Gasteiger partial charge in [-0.05, 0) is 37.1 Å². The highest BCUT2D eigenvalue weighted by molar-refractivity contribution is 5.94. The first-order chi connectivity index (χ1) is 13.5. The van der Waals surface area contributed by atoms with E-state index in [1.165, 1.54) is 18.2 Å². The lowest BCUT2D eigenvalue weighted by atomic mass is 9.85. The molecule has 0 bridgehead atoms. The van der Waals surface area contributed by atoms with Crippen LogP contribution < -0.4 is 0 Å². The summed E-state index contributed by atoms with van der Waals surface area (Å²) in [5.41, 5.74) is 0.748. The molecule has 2 aliphatic rings. The van der Waals surface area contributed by atoms with Crippen LogP contribution >= 0.6 is 0 Å². The van der Waals surface area contributed by atoms with Crippen LogP contribution in [0.5, 0.6) is 0 Å². The van der Waals surface area contributed by atoms with Crippen molar-refractivity contribution in [3.8, 4) is 0 Å². The Morgan fingerprint density at radius 2 is 2.00 bits per heavy atom. The van der Waals surface area contributed by atoms with E-state index in [9.17, 15) is 14.0 Å². The van der Waals surface area contributed by atoms with Gasteiger partial charge < -0.3 is 14.5 Å². The summed E-state index contributed by atoms with van der Waals surface area (Å²) < 4.78 is 19.4. The van der Waals surface area contributed by atoms with Crippen molar-refractivity contribution in [2.75, 3.05) is 19.7 Å². The van der Waals surface area contributed by atoms with E-state index in [0.29, 0.717) is 31.6 Å². The fourth-order valence-corrected chi connectivity index (χ4v) is 4.21. The van der Waals surface area contributed by atoms with Crippen molar-refractivity contribution in [1.82, 2.24) is 9.80 Å². The molecule has 0 unspecified atom stereocenters. The Kier molecular flexibility index (Phi) is 4.89. The van der Waals surface area contributed by atoms with Gasteiger partial charge in [0.25, 0.3) is 5.91 Å². The first-order valence-electron chi connectivity index (χ1n) is 9.48. The van der Waals surface area contributed by atoms with Gasteiger partial charge in [0.15, 0.2) is 0 Å². The van der Waals surface area contributed by atoms with Crippen molar-refractivity contribution in [2.24, 2.45) is 0 Å². The predicted molar refractivity (Wildman–Crippen MR) is 102 cm³/mol. The van der Waals surface area contributed by atoms with Crippen molar-refractivity contribution in [2.45, 2.75) is 31.5 Å². The van der Waals surface area contributed by atoms with Crippen molar-refractivity contribution in [3.05, 3.63) is 71.5 Å². The van der Waals surface area contributed by atoms with E-state index >= 15 is 0 Å². The van der Waals surface area contributed by atoms with Crippen molar-refractivity contribution < 1.29 is 18.7 Å². The number of carbonyl (C=O) groups is 2. The zero-order valence-electron chi connectivity index (χ0n) is 15.8. The number of hydrogen-bond donors (Lipinski definition) is 0. The van der Waals surface area contributed by atoms with Gasteiger partial charge in [-0.1, -0.05) is 36.4 Å². The lowest BCUT2D eigenvalue weighted by Crippen LogP contribution is -2.67. The fraction of sp³-hybridized carbons (Fsp3) is 0.364. The predicted octanol–water partition coefficient (Wildman–Crippen LogP) is 2.86. The van der Waals surface area contributed by atoms with Gasteiger partial charge in [0.1, 0.15) is 18.0 Å². The second kappa shape index (κ2) is 7.36. The summed E-state index contributed by atoms with van der Waals surface area (Å²) in [6, 6.07) is 15.5. The first kappa shape index (κ1) is 18.6. The second-order valence-corrected chi connectivity index (χ2v) is 7.65. The molecule has 6 heteroatoms. The topological polar surface area (TPSA) is 49.9 Å². The maximum atomic E-state index is 13.5. The van der Waals surface area contributed by atoms with Gasteiger partial charge in [-0.15, -0.1) is 0 Å². The molecule has 0 radical (unpaired) electrons. The molecule has 0 aliphatic carbocycles. The first-order valence-corrected chi connectivity index (χ1v) is 9.48. The molecule has 0 spiro atoms. The molecule has 0 N–H and O–H groups in total. The van der Waals surface area contributed by atoms with Crippen molar-refractivity contribution in [1.29, 1.82) is 0 Å². The Morgan fingerprint density at radius 3 is 2.75 bits per heavy atom. The molecule has 2 atom stereocenters. The summed E-state index contributed by atoms with van der Waals surface area (Å²) in [5, 5.41) is 0. The van der Waals surface area contributed by atoms with Gasteiger partial charge in [-0.25, -0.2) is 4.39 Å². The fourth-order valence-electron chi connectivity index (χ4n) is 4.21. The summed E-state index contributed by atoms with van der Waals surface area (Å²) in [6.45, 7) is 3.35. The van der Waals surface area contributed by atoms with E-state index in [-0.39, 0.29) is 24.5 Å². The van der Waals surface area contributed by atoms with Gasteiger partial charge in [0, 0.05) is 18.7 Å². The molecule has 5 nitrogen and oxygen atoms in total. The van der Waals surface area contributed by atoms with Crippen LogP contribution in [0.25, 0.3) is 0 Å². The van der Waals surface area contributed by atoms with E-state index in [4.69, 9.17) is 4.74 Å². The Morgan fingerprint density at radius 1 is 1.21 bits per heavy atom. The van der Waals surface area contributed by atoms with E-state index < -0.39 is 11.4 Å². The maximum Gasteiger partial charge on any atom is 0.254 e. The molecule has 28 heavy (non-hydrogen) atoms. The largest absolute Gasteiger partial charge is 0.361 e. The molecular formula is C22H23FN2O3. The monoisotopic (exact) mass is 382 g/mol. The van der Waals surface area contributed by atoms with Crippen LogP contribution in [0.15, 0.2) is 54.6 Å². The van der Waals surface area contributed by atoms with E-state index in [1.807, 2.05) is 42.2 Å². The third-order valence-electron chi connectivity index (χ3n) is 5.66. The van der Waals surface area contributed by atoms with Crippen LogP contribution in [-0.2, 0) is 16.1 Å². The van der Waals surface area contributed by atoms with Crippen LogP contribution in [0.3, 0.4) is 0 Å². The van der Waals surface area contributed by atoms with Crippen LogP contribution in [0.2, 0.25) is 0 Å². The minimum Gasteiger partial charge on any atom is -0.361 e. The quantitative estimate of drug-likeness (QED) is 0.820. The smallest absolute Gasteiger partial charge is 0.254 e. The number of rotatable bonds is 3. The minimum absolute atomic E-state index is 0.00181. The highest BCUT2D eigenvalue weighted by atomic mass is 19.1. The molecule has 0 aromatic heterocycles. The molecule has 2 fully saturated rings. The number of nitrogens with zero attached hydrogens (tertiary/aromatic N) is 2. The SMILES string of the molecule is C[C@@]12CN(C(=O)c3cccc(F)c3)CC[C@H]1N(Cc1ccccc1)C(=O)CO2. The summed E-state index contributed by atoms with van der Waals surface area (Å²) >= 11 is 0. The van der Waals surface area contributed by atoms with Crippen molar-refractivity contribution in [3.63, 3.8) is 0 Å². The van der Waals surface area contributed by atoms with Crippen LogP contribution in [0.1, 0.15) is 29.3 Å². The molecule has 2 amide bonds. The van der Waals surface area contributed by atoms with Crippen LogP contribution in [-0.4, -0.2) is 53.0 Å². The molecule has 0 saturated carbocycles. The number of morpholine rings is 1. The molecule has 2 aliphatic heterocycles. The highest BCUT2D eigenvalue weighted by Crippen LogP contribution is 2.34. The number of benzene rings is 2. The van der Waals surface area contributed by atoms with E-state index in [2.05, 4.69) is 0 Å². The van der Waals surface area contributed by atoms with Crippen LogP contribution in [0.4, 0.5) is 4.39 Å². The van der Waals surface area contributed by atoms with E-state index in [1.54, 1.807) is 11.0 Å². The summed E-state index contributed by atoms with van der Waals surface area (Å²) in [6.07, 6.45) is 0.621. The number of piperidine rings is 1.